The summed E-state index contributed by atoms with van der Waals surface area (Å²) in [6, 6.07) is 7.34. The van der Waals surface area contributed by atoms with Gasteiger partial charge in [0.2, 0.25) is 5.91 Å². The number of imide groups is 1. The molecule has 2 fully saturated rings. The quantitative estimate of drug-likeness (QED) is 0.896. The molecule has 2 unspecified atom stereocenters. The van der Waals surface area contributed by atoms with Gasteiger partial charge in [0.05, 0.1) is 12.3 Å². The van der Waals surface area contributed by atoms with Gasteiger partial charge in [0.25, 0.3) is 11.1 Å². The Morgan fingerprint density at radius 3 is 2.79 bits per heavy atom. The SMILES string of the molecule is CC1CC(CN)CN1C(=O)c1cccc(CN2C(=O)CSC2=O)c1. The first-order valence-electron chi connectivity index (χ1n) is 8.06. The molecule has 7 heteroatoms. The van der Waals surface area contributed by atoms with Crippen LogP contribution in [0.2, 0.25) is 0 Å². The van der Waals surface area contributed by atoms with Crippen molar-refractivity contribution in [3.63, 3.8) is 0 Å². The summed E-state index contributed by atoms with van der Waals surface area (Å²) in [7, 11) is 0. The molecule has 2 aliphatic heterocycles. The summed E-state index contributed by atoms with van der Waals surface area (Å²) in [6.07, 6.45) is 0.927. The number of benzene rings is 1. The molecule has 1 aromatic rings. The second kappa shape index (κ2) is 6.94. The molecule has 2 heterocycles. The second-order valence-corrected chi connectivity index (χ2v) is 7.31. The van der Waals surface area contributed by atoms with E-state index in [1.54, 1.807) is 18.2 Å². The molecular weight excluding hydrogens is 326 g/mol. The average Bonchev–Trinajstić information content (AvgIpc) is 3.11. The predicted molar refractivity (Wildman–Crippen MR) is 92.5 cm³/mol. The second-order valence-electron chi connectivity index (χ2n) is 6.38. The molecule has 0 aliphatic carbocycles. The zero-order valence-corrected chi connectivity index (χ0v) is 14.4. The molecule has 0 spiro atoms. The lowest BCUT2D eigenvalue weighted by atomic mass is 10.1. The Hall–Kier alpha value is -1.86. The van der Waals surface area contributed by atoms with Gasteiger partial charge in [-0.25, -0.2) is 0 Å². The summed E-state index contributed by atoms with van der Waals surface area (Å²) in [4.78, 5) is 39.3. The Balaban J connectivity index is 1.74. The maximum Gasteiger partial charge on any atom is 0.289 e. The first kappa shape index (κ1) is 17.0. The highest BCUT2D eigenvalue weighted by molar-refractivity contribution is 8.14. The lowest BCUT2D eigenvalue weighted by Gasteiger charge is -2.22. The number of hydrogen-bond acceptors (Lipinski definition) is 5. The minimum atomic E-state index is -0.226. The molecule has 3 amide bonds. The normalized spacial score (nSPS) is 24.1. The van der Waals surface area contributed by atoms with Gasteiger partial charge in [0.15, 0.2) is 0 Å². The van der Waals surface area contributed by atoms with Crippen LogP contribution in [0.4, 0.5) is 4.79 Å². The third kappa shape index (κ3) is 3.32. The van der Waals surface area contributed by atoms with Gasteiger partial charge in [-0.3, -0.25) is 19.3 Å². The molecule has 1 aromatic carbocycles. The highest BCUT2D eigenvalue weighted by Gasteiger charge is 2.33. The van der Waals surface area contributed by atoms with Crippen LogP contribution in [0.3, 0.4) is 0 Å². The van der Waals surface area contributed by atoms with Crippen LogP contribution >= 0.6 is 11.8 Å². The fourth-order valence-electron chi connectivity index (χ4n) is 3.28. The van der Waals surface area contributed by atoms with Gasteiger partial charge in [-0.15, -0.1) is 0 Å². The van der Waals surface area contributed by atoms with Crippen molar-refractivity contribution in [3.8, 4) is 0 Å². The van der Waals surface area contributed by atoms with E-state index in [0.29, 0.717) is 24.6 Å². The van der Waals surface area contributed by atoms with E-state index in [9.17, 15) is 14.4 Å². The van der Waals surface area contributed by atoms with Gasteiger partial charge >= 0.3 is 0 Å². The van der Waals surface area contributed by atoms with E-state index in [4.69, 9.17) is 5.73 Å². The number of thioether (sulfide) groups is 1. The molecule has 24 heavy (non-hydrogen) atoms. The summed E-state index contributed by atoms with van der Waals surface area (Å²) in [5.74, 6) is 0.349. The van der Waals surface area contributed by atoms with Crippen LogP contribution in [0.1, 0.15) is 29.3 Å². The van der Waals surface area contributed by atoms with E-state index < -0.39 is 0 Å². The fraction of sp³-hybridized carbons (Fsp3) is 0.471. The van der Waals surface area contributed by atoms with Crippen molar-refractivity contribution in [2.75, 3.05) is 18.8 Å². The van der Waals surface area contributed by atoms with Crippen LogP contribution < -0.4 is 5.73 Å². The highest BCUT2D eigenvalue weighted by Crippen LogP contribution is 2.25. The van der Waals surface area contributed by atoms with E-state index in [2.05, 4.69) is 0 Å². The van der Waals surface area contributed by atoms with Crippen LogP contribution in [-0.2, 0) is 11.3 Å². The van der Waals surface area contributed by atoms with Crippen LogP contribution in [0.25, 0.3) is 0 Å². The number of carbonyl (C=O) groups is 3. The number of amides is 3. The summed E-state index contributed by atoms with van der Waals surface area (Å²) in [6.45, 7) is 3.52. The molecule has 0 radical (unpaired) electrons. The van der Waals surface area contributed by atoms with E-state index in [1.165, 1.54) is 4.90 Å². The molecule has 2 atom stereocenters. The van der Waals surface area contributed by atoms with E-state index in [0.717, 1.165) is 23.7 Å². The molecule has 0 bridgehead atoms. The number of rotatable bonds is 4. The molecule has 128 valence electrons. The zero-order chi connectivity index (χ0) is 17.3. The number of nitrogens with zero attached hydrogens (tertiary/aromatic N) is 2. The van der Waals surface area contributed by atoms with Gasteiger partial charge in [-0.05, 0) is 43.5 Å². The average molecular weight is 347 g/mol. The minimum absolute atomic E-state index is 0.0197. The maximum absolute atomic E-state index is 12.8. The topological polar surface area (TPSA) is 83.7 Å². The first-order chi connectivity index (χ1) is 11.5. The summed E-state index contributed by atoms with van der Waals surface area (Å²) < 4.78 is 0. The Bertz CT molecular complexity index is 663. The van der Waals surface area contributed by atoms with Crippen molar-refractivity contribution in [2.45, 2.75) is 25.9 Å². The molecule has 6 nitrogen and oxygen atoms in total. The molecule has 3 rings (SSSR count). The zero-order valence-electron chi connectivity index (χ0n) is 13.6. The monoisotopic (exact) mass is 347 g/mol. The molecule has 2 aliphatic rings. The van der Waals surface area contributed by atoms with Crippen LogP contribution in [0, 0.1) is 5.92 Å². The lowest BCUT2D eigenvalue weighted by Crippen LogP contribution is -2.34. The van der Waals surface area contributed by atoms with Crippen molar-refractivity contribution in [1.82, 2.24) is 9.80 Å². The Labute approximate surface area is 145 Å². The largest absolute Gasteiger partial charge is 0.336 e. The highest BCUT2D eigenvalue weighted by atomic mass is 32.2. The van der Waals surface area contributed by atoms with Gasteiger partial charge in [-0.2, -0.15) is 0 Å². The van der Waals surface area contributed by atoms with Gasteiger partial charge in [0, 0.05) is 18.2 Å². The van der Waals surface area contributed by atoms with Crippen LogP contribution in [-0.4, -0.2) is 51.7 Å². The number of likely N-dealkylation sites (tertiary alicyclic amines) is 1. The Morgan fingerprint density at radius 1 is 1.38 bits per heavy atom. The van der Waals surface area contributed by atoms with Crippen molar-refractivity contribution >= 4 is 28.8 Å². The molecular formula is C17H21N3O3S. The Morgan fingerprint density at radius 2 is 2.17 bits per heavy atom. The van der Waals surface area contributed by atoms with Crippen molar-refractivity contribution < 1.29 is 14.4 Å². The molecule has 0 aromatic heterocycles. The minimum Gasteiger partial charge on any atom is -0.336 e. The van der Waals surface area contributed by atoms with Crippen LogP contribution in [0.5, 0.6) is 0 Å². The fourth-order valence-corrected chi connectivity index (χ4v) is 4.01. The third-order valence-electron chi connectivity index (χ3n) is 4.61. The third-order valence-corrected chi connectivity index (χ3v) is 5.47. The van der Waals surface area contributed by atoms with Gasteiger partial charge in [-0.1, -0.05) is 23.9 Å². The van der Waals surface area contributed by atoms with Crippen molar-refractivity contribution in [1.29, 1.82) is 0 Å². The molecule has 2 N–H and O–H groups in total. The summed E-state index contributed by atoms with van der Waals surface area (Å²) in [5, 5.41) is -0.226. The number of nitrogens with two attached hydrogens (primary N) is 1. The van der Waals surface area contributed by atoms with E-state index >= 15 is 0 Å². The summed E-state index contributed by atoms with van der Waals surface area (Å²) in [5.41, 5.74) is 7.10. The predicted octanol–water partition coefficient (Wildman–Crippen LogP) is 1.69. The van der Waals surface area contributed by atoms with E-state index in [-0.39, 0.29) is 35.4 Å². The Kier molecular flexibility index (Phi) is 4.91. The lowest BCUT2D eigenvalue weighted by molar-refractivity contribution is -0.125. The van der Waals surface area contributed by atoms with Gasteiger partial charge in [0.1, 0.15) is 0 Å². The van der Waals surface area contributed by atoms with Crippen LogP contribution in [0.15, 0.2) is 24.3 Å². The molecule has 0 saturated carbocycles. The van der Waals surface area contributed by atoms with Crippen molar-refractivity contribution in [3.05, 3.63) is 35.4 Å². The number of carbonyl (C=O) groups excluding carboxylic acids is 3. The van der Waals surface area contributed by atoms with E-state index in [1.807, 2.05) is 17.9 Å². The van der Waals surface area contributed by atoms with Crippen molar-refractivity contribution in [2.24, 2.45) is 11.7 Å². The molecule has 2 saturated heterocycles. The maximum atomic E-state index is 12.8. The smallest absolute Gasteiger partial charge is 0.289 e. The standard InChI is InChI=1S/C17H21N3O3S/c1-11-5-13(7-18)9-19(11)16(22)14-4-2-3-12(6-14)8-20-15(21)10-24-17(20)23/h2-4,6,11,13H,5,7-10,18H2,1H3. The van der Waals surface area contributed by atoms with Gasteiger partial charge < -0.3 is 10.6 Å². The first-order valence-corrected chi connectivity index (χ1v) is 9.05. The number of hydrogen-bond donors (Lipinski definition) is 1. The summed E-state index contributed by atoms with van der Waals surface area (Å²) >= 11 is 1.02.